The number of carbonyl (C=O) groups is 3. The minimum absolute atomic E-state index is 0.0415. The highest BCUT2D eigenvalue weighted by atomic mass is 16.2. The van der Waals surface area contributed by atoms with Crippen molar-refractivity contribution in [3.63, 3.8) is 0 Å². The van der Waals surface area contributed by atoms with Crippen molar-refractivity contribution in [2.24, 2.45) is 9.98 Å². The summed E-state index contributed by atoms with van der Waals surface area (Å²) in [5.74, 6) is -1.35. The van der Waals surface area contributed by atoms with E-state index in [9.17, 15) is 14.4 Å². The molecule has 0 aliphatic heterocycles. The molecule has 14 heavy (non-hydrogen) atoms. The normalized spacial score (nSPS) is 11.5. The number of nitrogens with one attached hydrogen (secondary N) is 1. The number of hydrogen-bond acceptors (Lipinski definition) is 3. The Bertz CT molecular complexity index is 318. The maximum absolute atomic E-state index is 10.6. The molecule has 0 bridgehead atoms. The second-order valence-corrected chi connectivity index (χ2v) is 2.47. The maximum atomic E-state index is 10.6. The molecule has 0 aliphatic rings. The van der Waals surface area contributed by atoms with Gasteiger partial charge in [-0.05, 0) is 0 Å². The van der Waals surface area contributed by atoms with Crippen LogP contribution in [0.25, 0.3) is 0 Å². The molecule has 3 amide bonds. The minimum atomic E-state index is -0.483. The summed E-state index contributed by atoms with van der Waals surface area (Å²) in [4.78, 5) is 38.5. The quantitative estimate of drug-likeness (QED) is 0.461. The van der Waals surface area contributed by atoms with Gasteiger partial charge in [0.25, 0.3) is 0 Å². The predicted molar refractivity (Wildman–Crippen MR) is 51.1 cm³/mol. The van der Waals surface area contributed by atoms with Gasteiger partial charge in [0, 0.05) is 20.8 Å². The molecule has 0 radical (unpaired) electrons. The zero-order chi connectivity index (χ0) is 11.1. The SMILES string of the molecule is CC(=O)N=CC(=NC(C)=O)NC(C)=O. The largest absolute Gasteiger partial charge is 0.310 e. The minimum Gasteiger partial charge on any atom is -0.310 e. The molecule has 0 heterocycles. The first-order chi connectivity index (χ1) is 6.41. The summed E-state index contributed by atoms with van der Waals surface area (Å²) < 4.78 is 0. The first-order valence-corrected chi connectivity index (χ1v) is 3.83. The van der Waals surface area contributed by atoms with Gasteiger partial charge in [-0.15, -0.1) is 0 Å². The number of carbonyl (C=O) groups excluding carboxylic acids is 3. The van der Waals surface area contributed by atoms with Crippen molar-refractivity contribution in [3.8, 4) is 0 Å². The van der Waals surface area contributed by atoms with Crippen LogP contribution >= 0.6 is 0 Å². The van der Waals surface area contributed by atoms with Gasteiger partial charge in [-0.2, -0.15) is 4.99 Å². The van der Waals surface area contributed by atoms with Gasteiger partial charge >= 0.3 is 0 Å². The fraction of sp³-hybridized carbons (Fsp3) is 0.375. The highest BCUT2D eigenvalue weighted by molar-refractivity contribution is 6.35. The fourth-order valence-electron chi connectivity index (χ4n) is 0.591. The zero-order valence-electron chi connectivity index (χ0n) is 8.20. The van der Waals surface area contributed by atoms with Crippen LogP contribution in [0.4, 0.5) is 0 Å². The summed E-state index contributed by atoms with van der Waals surface area (Å²) in [5, 5.41) is 2.26. The Morgan fingerprint density at radius 1 is 1.07 bits per heavy atom. The number of amidine groups is 1. The van der Waals surface area contributed by atoms with Gasteiger partial charge in [-0.1, -0.05) is 0 Å². The van der Waals surface area contributed by atoms with E-state index in [1.54, 1.807) is 0 Å². The first kappa shape index (κ1) is 12.2. The summed E-state index contributed by atoms with van der Waals surface area (Å²) in [6, 6.07) is 0. The third-order valence-electron chi connectivity index (χ3n) is 0.951. The van der Waals surface area contributed by atoms with Gasteiger partial charge in [0.1, 0.15) is 0 Å². The maximum Gasteiger partial charge on any atom is 0.244 e. The van der Waals surface area contributed by atoms with Crippen molar-refractivity contribution in [1.82, 2.24) is 5.32 Å². The lowest BCUT2D eigenvalue weighted by Crippen LogP contribution is -2.30. The van der Waals surface area contributed by atoms with Crippen LogP contribution in [0.2, 0.25) is 0 Å². The highest BCUT2D eigenvalue weighted by Crippen LogP contribution is 1.77. The van der Waals surface area contributed by atoms with Gasteiger partial charge < -0.3 is 5.32 Å². The summed E-state index contributed by atoms with van der Waals surface area (Å²) in [5.41, 5.74) is 0. The van der Waals surface area contributed by atoms with Crippen LogP contribution in [0.15, 0.2) is 9.98 Å². The van der Waals surface area contributed by atoms with Crippen molar-refractivity contribution in [1.29, 1.82) is 0 Å². The van der Waals surface area contributed by atoms with E-state index in [0.717, 1.165) is 6.21 Å². The van der Waals surface area contributed by atoms with Crippen LogP contribution in [0.3, 0.4) is 0 Å². The topological polar surface area (TPSA) is 88.0 Å². The summed E-state index contributed by atoms with van der Waals surface area (Å²) in [7, 11) is 0. The molecular formula is C8H11N3O3. The lowest BCUT2D eigenvalue weighted by molar-refractivity contribution is -0.118. The van der Waals surface area contributed by atoms with Crippen molar-refractivity contribution < 1.29 is 14.4 Å². The van der Waals surface area contributed by atoms with Gasteiger partial charge in [0.15, 0.2) is 5.84 Å². The van der Waals surface area contributed by atoms with E-state index >= 15 is 0 Å². The van der Waals surface area contributed by atoms with E-state index in [-0.39, 0.29) is 11.7 Å². The molecule has 0 unspecified atom stereocenters. The Kier molecular flexibility index (Phi) is 4.98. The van der Waals surface area contributed by atoms with Crippen LogP contribution in [0.5, 0.6) is 0 Å². The molecule has 0 rings (SSSR count). The average molecular weight is 197 g/mol. The van der Waals surface area contributed by atoms with Crippen molar-refractivity contribution in [2.45, 2.75) is 20.8 Å². The van der Waals surface area contributed by atoms with E-state index < -0.39 is 11.8 Å². The predicted octanol–water partition coefficient (Wildman–Crippen LogP) is -0.315. The molecule has 0 atom stereocenters. The van der Waals surface area contributed by atoms with E-state index in [0.29, 0.717) is 0 Å². The molecule has 0 saturated carbocycles. The number of hydrogen-bond donors (Lipinski definition) is 1. The molecule has 0 spiro atoms. The third-order valence-corrected chi connectivity index (χ3v) is 0.951. The number of rotatable bonds is 1. The van der Waals surface area contributed by atoms with Crippen molar-refractivity contribution in [2.75, 3.05) is 0 Å². The highest BCUT2D eigenvalue weighted by Gasteiger charge is 2.00. The Labute approximate surface area is 81.1 Å². The molecule has 6 nitrogen and oxygen atoms in total. The molecule has 0 aromatic heterocycles. The molecule has 1 N–H and O–H groups in total. The molecule has 0 aromatic carbocycles. The molecular weight excluding hydrogens is 186 g/mol. The van der Waals surface area contributed by atoms with E-state index in [2.05, 4.69) is 15.3 Å². The number of aliphatic imine (C=N–C) groups is 2. The second-order valence-electron chi connectivity index (χ2n) is 2.47. The Morgan fingerprint density at radius 3 is 2.00 bits per heavy atom. The van der Waals surface area contributed by atoms with E-state index in [1.165, 1.54) is 20.8 Å². The zero-order valence-corrected chi connectivity index (χ0v) is 8.20. The standard InChI is InChI=1S/C8H11N3O3/c1-5(12)9-4-8(10-6(2)13)11-7(3)14/h4H,1-3H3,(H,10,11,13,14). The molecule has 76 valence electrons. The van der Waals surface area contributed by atoms with Crippen LogP contribution < -0.4 is 5.32 Å². The molecule has 6 heteroatoms. The molecule has 0 saturated heterocycles. The summed E-state index contributed by atoms with van der Waals surface area (Å²) >= 11 is 0. The molecule has 0 fully saturated rings. The Hall–Kier alpha value is -1.85. The Balaban J connectivity index is 4.64. The number of nitrogens with zero attached hydrogens (tertiary/aromatic N) is 2. The molecule has 0 aliphatic carbocycles. The average Bonchev–Trinajstić information content (AvgIpc) is 1.97. The van der Waals surface area contributed by atoms with Crippen LogP contribution in [0, 0.1) is 0 Å². The Morgan fingerprint density at radius 2 is 1.64 bits per heavy atom. The van der Waals surface area contributed by atoms with E-state index in [4.69, 9.17) is 0 Å². The monoisotopic (exact) mass is 197 g/mol. The lowest BCUT2D eigenvalue weighted by Gasteiger charge is -1.98. The second kappa shape index (κ2) is 5.74. The van der Waals surface area contributed by atoms with Gasteiger partial charge in [-0.25, -0.2) is 4.99 Å². The van der Waals surface area contributed by atoms with E-state index in [1.807, 2.05) is 0 Å². The molecule has 0 aromatic rings. The summed E-state index contributed by atoms with van der Waals surface area (Å²) in [6.45, 7) is 3.73. The van der Waals surface area contributed by atoms with Crippen molar-refractivity contribution in [3.05, 3.63) is 0 Å². The third kappa shape index (κ3) is 6.84. The van der Waals surface area contributed by atoms with Crippen LogP contribution in [-0.4, -0.2) is 29.8 Å². The van der Waals surface area contributed by atoms with Gasteiger partial charge in [0.05, 0.1) is 6.21 Å². The fourth-order valence-corrected chi connectivity index (χ4v) is 0.591. The van der Waals surface area contributed by atoms with Crippen LogP contribution in [-0.2, 0) is 14.4 Å². The first-order valence-electron chi connectivity index (χ1n) is 3.83. The van der Waals surface area contributed by atoms with Crippen LogP contribution in [0.1, 0.15) is 20.8 Å². The number of amides is 3. The smallest absolute Gasteiger partial charge is 0.244 e. The lowest BCUT2D eigenvalue weighted by atomic mass is 10.5. The van der Waals surface area contributed by atoms with Crippen molar-refractivity contribution >= 4 is 29.8 Å². The van der Waals surface area contributed by atoms with Gasteiger partial charge in [0.2, 0.25) is 17.7 Å². The van der Waals surface area contributed by atoms with Gasteiger partial charge in [-0.3, -0.25) is 14.4 Å². The summed E-state index contributed by atoms with van der Waals surface area (Å²) in [6.07, 6.45) is 1.03.